The lowest BCUT2D eigenvalue weighted by molar-refractivity contribution is 0.298. The molecule has 0 amide bonds. The summed E-state index contributed by atoms with van der Waals surface area (Å²) in [6, 6.07) is 8.37. The first-order valence-electron chi connectivity index (χ1n) is 8.66. The number of nitrogens with zero attached hydrogens (tertiary/aromatic N) is 3. The van der Waals surface area contributed by atoms with Gasteiger partial charge in [0.25, 0.3) is 0 Å². The van der Waals surface area contributed by atoms with Crippen molar-refractivity contribution in [3.05, 3.63) is 40.7 Å². The Kier molecular flexibility index (Phi) is 4.80. The molecule has 1 fully saturated rings. The van der Waals surface area contributed by atoms with Gasteiger partial charge >= 0.3 is 0 Å². The molecule has 0 N–H and O–H groups in total. The topological polar surface area (TPSA) is 29.6 Å². The van der Waals surface area contributed by atoms with Gasteiger partial charge in [-0.15, -0.1) is 5.10 Å². The van der Waals surface area contributed by atoms with E-state index in [0.29, 0.717) is 4.83 Å². The number of para-hydroxylation sites is 1. The monoisotopic (exact) mass is 481 g/mol. The van der Waals surface area contributed by atoms with Gasteiger partial charge in [-0.2, -0.15) is 5.10 Å². The van der Waals surface area contributed by atoms with Crippen molar-refractivity contribution in [2.75, 3.05) is 0 Å². The number of fused-ring (bicyclic) bond motifs is 2. The number of alkyl halides is 2. The summed E-state index contributed by atoms with van der Waals surface area (Å²) >= 11 is 9.48. The number of allylic oxidation sites excluding steroid dienone is 2. The summed E-state index contributed by atoms with van der Waals surface area (Å²) in [6.45, 7) is 2.38. The zero-order chi connectivity index (χ0) is 17.6. The SMILES string of the molecule is Cn1/c(=N\N=C2\C=C3CCCCC3(C)C(Br)C2Br)sc2ccccc21. The van der Waals surface area contributed by atoms with Crippen LogP contribution in [0.3, 0.4) is 0 Å². The Hall–Kier alpha value is -0.720. The number of benzene rings is 1. The molecule has 4 rings (SSSR count). The largest absolute Gasteiger partial charge is 0.318 e. The third-order valence-electron chi connectivity index (χ3n) is 5.56. The first-order valence-corrected chi connectivity index (χ1v) is 11.3. The van der Waals surface area contributed by atoms with Gasteiger partial charge in [0, 0.05) is 17.3 Å². The van der Waals surface area contributed by atoms with Gasteiger partial charge in [-0.1, -0.05) is 74.2 Å². The van der Waals surface area contributed by atoms with Crippen molar-refractivity contribution in [1.29, 1.82) is 0 Å². The van der Waals surface area contributed by atoms with E-state index >= 15 is 0 Å². The molecule has 1 heterocycles. The van der Waals surface area contributed by atoms with Gasteiger partial charge in [0.1, 0.15) is 0 Å². The third-order valence-corrected chi connectivity index (χ3v) is 9.91. The van der Waals surface area contributed by atoms with Crippen molar-refractivity contribution in [1.82, 2.24) is 4.57 Å². The number of aromatic nitrogens is 1. The van der Waals surface area contributed by atoms with E-state index in [9.17, 15) is 0 Å². The predicted octanol–water partition coefficient (Wildman–Crippen LogP) is 5.54. The Morgan fingerprint density at radius 3 is 2.80 bits per heavy atom. The molecule has 1 aromatic carbocycles. The fourth-order valence-corrected chi connectivity index (χ4v) is 6.47. The van der Waals surface area contributed by atoms with E-state index in [1.807, 2.05) is 7.05 Å². The molecule has 0 saturated heterocycles. The van der Waals surface area contributed by atoms with Crippen LogP contribution < -0.4 is 4.80 Å². The minimum Gasteiger partial charge on any atom is -0.318 e. The molecule has 132 valence electrons. The average molecular weight is 483 g/mol. The lowest BCUT2D eigenvalue weighted by Gasteiger charge is -2.45. The van der Waals surface area contributed by atoms with Crippen molar-refractivity contribution in [3.8, 4) is 0 Å². The Morgan fingerprint density at radius 1 is 1.20 bits per heavy atom. The molecule has 0 radical (unpaired) electrons. The molecule has 0 spiro atoms. The molecule has 1 saturated carbocycles. The molecular formula is C19H21Br2N3S. The predicted molar refractivity (Wildman–Crippen MR) is 114 cm³/mol. The Balaban J connectivity index is 1.78. The van der Waals surface area contributed by atoms with Gasteiger partial charge in [-0.25, -0.2) is 0 Å². The third kappa shape index (κ3) is 3.00. The Morgan fingerprint density at radius 2 is 2.00 bits per heavy atom. The van der Waals surface area contributed by atoms with Crippen LogP contribution in [0.4, 0.5) is 0 Å². The van der Waals surface area contributed by atoms with Crippen molar-refractivity contribution in [2.24, 2.45) is 22.7 Å². The molecule has 3 atom stereocenters. The molecule has 2 aliphatic carbocycles. The first-order chi connectivity index (χ1) is 12.0. The summed E-state index contributed by atoms with van der Waals surface area (Å²) in [5.41, 5.74) is 3.97. The maximum absolute atomic E-state index is 4.64. The van der Waals surface area contributed by atoms with E-state index in [2.05, 4.69) is 83.9 Å². The van der Waals surface area contributed by atoms with Crippen LogP contribution in [0.25, 0.3) is 10.2 Å². The molecule has 1 aromatic heterocycles. The highest BCUT2D eigenvalue weighted by atomic mass is 79.9. The molecular weight excluding hydrogens is 462 g/mol. The summed E-state index contributed by atoms with van der Waals surface area (Å²) in [5, 5.41) is 9.23. The average Bonchev–Trinajstić information content (AvgIpc) is 2.94. The highest BCUT2D eigenvalue weighted by molar-refractivity contribution is 9.12. The number of aryl methyl sites for hydroxylation is 1. The first kappa shape index (κ1) is 17.7. The fourth-order valence-electron chi connectivity index (χ4n) is 3.90. The second-order valence-corrected chi connectivity index (χ2v) is 10.1. The molecule has 2 aliphatic rings. The minimum absolute atomic E-state index is 0.183. The van der Waals surface area contributed by atoms with Crippen LogP contribution in [0.2, 0.25) is 0 Å². The summed E-state index contributed by atoms with van der Waals surface area (Å²) in [7, 11) is 2.05. The van der Waals surface area contributed by atoms with Crippen LogP contribution in [0.15, 0.2) is 46.1 Å². The molecule has 0 aliphatic heterocycles. The smallest absolute Gasteiger partial charge is 0.211 e. The number of rotatable bonds is 1. The summed E-state index contributed by atoms with van der Waals surface area (Å²) in [6.07, 6.45) is 7.29. The summed E-state index contributed by atoms with van der Waals surface area (Å²) < 4.78 is 3.35. The molecule has 3 unspecified atom stereocenters. The van der Waals surface area contributed by atoms with E-state index < -0.39 is 0 Å². The summed E-state index contributed by atoms with van der Waals surface area (Å²) in [5.74, 6) is 0. The molecule has 6 heteroatoms. The molecule has 2 aromatic rings. The van der Waals surface area contributed by atoms with Crippen molar-refractivity contribution in [2.45, 2.75) is 42.3 Å². The normalized spacial score (nSPS) is 32.1. The molecule has 3 nitrogen and oxygen atoms in total. The Labute approximate surface area is 168 Å². The molecule has 0 bridgehead atoms. The zero-order valence-electron chi connectivity index (χ0n) is 14.4. The van der Waals surface area contributed by atoms with Crippen molar-refractivity contribution in [3.63, 3.8) is 0 Å². The quantitative estimate of drug-likeness (QED) is 0.377. The van der Waals surface area contributed by atoms with E-state index in [4.69, 9.17) is 0 Å². The van der Waals surface area contributed by atoms with E-state index in [0.717, 1.165) is 10.5 Å². The summed E-state index contributed by atoms with van der Waals surface area (Å²) in [4.78, 5) is 1.46. The van der Waals surface area contributed by atoms with E-state index in [1.165, 1.54) is 41.5 Å². The Bertz CT molecular complexity index is 940. The van der Waals surface area contributed by atoms with Gasteiger partial charge in [0.15, 0.2) is 0 Å². The minimum atomic E-state index is 0.183. The number of halogens is 2. The number of hydrogen-bond donors (Lipinski definition) is 0. The zero-order valence-corrected chi connectivity index (χ0v) is 18.4. The van der Waals surface area contributed by atoms with Crippen molar-refractivity contribution < 1.29 is 0 Å². The second-order valence-electron chi connectivity index (χ2n) is 7.13. The van der Waals surface area contributed by atoms with Crippen LogP contribution in [0, 0.1) is 5.41 Å². The van der Waals surface area contributed by atoms with Crippen LogP contribution in [-0.2, 0) is 7.05 Å². The van der Waals surface area contributed by atoms with E-state index in [-0.39, 0.29) is 10.2 Å². The number of hydrogen-bond acceptors (Lipinski definition) is 3. The van der Waals surface area contributed by atoms with Gasteiger partial charge in [0.05, 0.1) is 20.8 Å². The van der Waals surface area contributed by atoms with Crippen molar-refractivity contribution >= 4 is 59.1 Å². The standard InChI is InChI=1S/C19H21Br2N3S/c1-19-10-6-5-7-12(19)11-13(16(20)17(19)21)22-23-18-24(2)14-8-3-4-9-15(14)25-18/h3-4,8-9,11,16-17H,5-7,10H2,1-2H3/b22-13-,23-18+. The van der Waals surface area contributed by atoms with Gasteiger partial charge in [-0.05, 0) is 37.5 Å². The van der Waals surface area contributed by atoms with Gasteiger partial charge in [0.2, 0.25) is 4.80 Å². The van der Waals surface area contributed by atoms with Crippen LogP contribution in [0.1, 0.15) is 32.6 Å². The second kappa shape index (κ2) is 6.78. The van der Waals surface area contributed by atoms with Gasteiger partial charge in [-0.3, -0.25) is 0 Å². The maximum Gasteiger partial charge on any atom is 0.211 e. The van der Waals surface area contributed by atoms with Crippen LogP contribution >= 0.6 is 43.2 Å². The van der Waals surface area contributed by atoms with Crippen LogP contribution in [-0.4, -0.2) is 19.9 Å². The highest BCUT2D eigenvalue weighted by Crippen LogP contribution is 2.51. The maximum atomic E-state index is 4.64. The lowest BCUT2D eigenvalue weighted by atomic mass is 9.66. The number of thiazole rings is 1. The van der Waals surface area contributed by atoms with E-state index in [1.54, 1.807) is 11.3 Å². The fraction of sp³-hybridized carbons (Fsp3) is 0.474. The van der Waals surface area contributed by atoms with Crippen LogP contribution in [0.5, 0.6) is 0 Å². The molecule has 25 heavy (non-hydrogen) atoms. The highest BCUT2D eigenvalue weighted by Gasteiger charge is 2.45. The lowest BCUT2D eigenvalue weighted by Crippen LogP contribution is -2.44. The van der Waals surface area contributed by atoms with Gasteiger partial charge < -0.3 is 4.57 Å².